The molecule has 0 bridgehead atoms. The van der Waals surface area contributed by atoms with Crippen LogP contribution in [0.2, 0.25) is 0 Å². The molecule has 0 unspecified atom stereocenters. The standard InChI is InChI=1S/C21H17FN4O4/c22-15-7-3-1-5-13(15)20(28)24-10-9-23-17(27)11-26-12-25-18-14-6-2-4-8-16(14)30-19(18)21(26)29/h1-8,12H,9-11H2,(H,23,27)(H,24,28). The predicted molar refractivity (Wildman–Crippen MR) is 108 cm³/mol. The number of hydrogen-bond donors (Lipinski definition) is 2. The summed E-state index contributed by atoms with van der Waals surface area (Å²) in [6.45, 7) is -0.0250. The Morgan fingerprint density at radius 3 is 2.60 bits per heavy atom. The maximum atomic E-state index is 13.6. The molecular weight excluding hydrogens is 391 g/mol. The summed E-state index contributed by atoms with van der Waals surface area (Å²) >= 11 is 0. The van der Waals surface area contributed by atoms with Crippen LogP contribution in [-0.4, -0.2) is 34.5 Å². The molecule has 4 aromatic rings. The van der Waals surface area contributed by atoms with Gasteiger partial charge in [0.25, 0.3) is 11.5 Å². The van der Waals surface area contributed by atoms with E-state index < -0.39 is 23.2 Å². The predicted octanol–water partition coefficient (Wildman–Crippen LogP) is 1.83. The smallest absolute Gasteiger partial charge is 0.297 e. The van der Waals surface area contributed by atoms with Crippen molar-refractivity contribution in [3.05, 3.63) is 76.6 Å². The number of hydrogen-bond acceptors (Lipinski definition) is 5. The summed E-state index contributed by atoms with van der Waals surface area (Å²) in [6.07, 6.45) is 1.30. The van der Waals surface area contributed by atoms with Gasteiger partial charge in [0.2, 0.25) is 11.5 Å². The van der Waals surface area contributed by atoms with Gasteiger partial charge in [0.05, 0.1) is 11.9 Å². The van der Waals surface area contributed by atoms with E-state index in [0.717, 1.165) is 9.95 Å². The van der Waals surface area contributed by atoms with E-state index >= 15 is 0 Å². The summed E-state index contributed by atoms with van der Waals surface area (Å²) in [7, 11) is 0. The lowest BCUT2D eigenvalue weighted by molar-refractivity contribution is -0.121. The molecule has 9 heteroatoms. The summed E-state index contributed by atoms with van der Waals surface area (Å²) in [6, 6.07) is 12.8. The lowest BCUT2D eigenvalue weighted by atomic mass is 10.2. The summed E-state index contributed by atoms with van der Waals surface area (Å²) in [5.41, 5.74) is 0.552. The first kappa shape index (κ1) is 19.3. The molecule has 0 radical (unpaired) electrons. The first-order chi connectivity index (χ1) is 14.5. The highest BCUT2D eigenvalue weighted by molar-refractivity contribution is 6.01. The van der Waals surface area contributed by atoms with Gasteiger partial charge < -0.3 is 15.1 Å². The third-order valence-corrected chi connectivity index (χ3v) is 4.52. The normalized spacial score (nSPS) is 11.0. The monoisotopic (exact) mass is 408 g/mol. The van der Waals surface area contributed by atoms with Gasteiger partial charge in [-0.2, -0.15) is 0 Å². The number of carbonyl (C=O) groups excluding carboxylic acids is 2. The van der Waals surface area contributed by atoms with Crippen LogP contribution in [0.3, 0.4) is 0 Å². The Hall–Kier alpha value is -4.01. The maximum Gasteiger partial charge on any atom is 0.297 e. The SMILES string of the molecule is O=C(Cn1cnc2c(oc3ccccc32)c1=O)NCCNC(=O)c1ccccc1F. The molecule has 2 aromatic carbocycles. The third kappa shape index (κ3) is 3.77. The fraction of sp³-hybridized carbons (Fsp3) is 0.143. The van der Waals surface area contributed by atoms with E-state index in [2.05, 4.69) is 15.6 Å². The minimum Gasteiger partial charge on any atom is -0.448 e. The third-order valence-electron chi connectivity index (χ3n) is 4.52. The molecule has 0 saturated heterocycles. The molecule has 8 nitrogen and oxygen atoms in total. The first-order valence-corrected chi connectivity index (χ1v) is 9.20. The summed E-state index contributed by atoms with van der Waals surface area (Å²) in [4.78, 5) is 40.9. The van der Waals surface area contributed by atoms with Crippen LogP contribution in [0.4, 0.5) is 4.39 Å². The van der Waals surface area contributed by atoms with Crippen molar-refractivity contribution in [2.75, 3.05) is 13.1 Å². The lowest BCUT2D eigenvalue weighted by Gasteiger charge is -2.08. The summed E-state index contributed by atoms with van der Waals surface area (Å²) < 4.78 is 20.3. The molecule has 152 valence electrons. The second kappa shape index (κ2) is 8.16. The van der Waals surface area contributed by atoms with E-state index in [-0.39, 0.29) is 30.8 Å². The Morgan fingerprint density at radius 1 is 1.03 bits per heavy atom. The van der Waals surface area contributed by atoms with E-state index in [1.54, 1.807) is 24.3 Å². The first-order valence-electron chi connectivity index (χ1n) is 9.20. The number of fused-ring (bicyclic) bond motifs is 3. The summed E-state index contributed by atoms with van der Waals surface area (Å²) in [5.74, 6) is -1.63. The number of furan rings is 1. The number of amides is 2. The molecule has 0 spiro atoms. The minimum atomic E-state index is -0.619. The second-order valence-electron chi connectivity index (χ2n) is 6.54. The van der Waals surface area contributed by atoms with Crippen LogP contribution in [0.25, 0.3) is 22.1 Å². The Bertz CT molecular complexity index is 1310. The zero-order chi connectivity index (χ0) is 21.1. The Balaban J connectivity index is 1.35. The maximum absolute atomic E-state index is 13.6. The summed E-state index contributed by atoms with van der Waals surface area (Å²) in [5, 5.41) is 5.84. The molecule has 2 aromatic heterocycles. The number of halogens is 1. The Morgan fingerprint density at radius 2 is 1.77 bits per heavy atom. The highest BCUT2D eigenvalue weighted by Gasteiger charge is 2.14. The van der Waals surface area contributed by atoms with E-state index in [4.69, 9.17) is 4.42 Å². The minimum absolute atomic E-state index is 0.0689. The van der Waals surface area contributed by atoms with Crippen molar-refractivity contribution in [1.29, 1.82) is 0 Å². The molecule has 2 amide bonds. The molecule has 0 fully saturated rings. The van der Waals surface area contributed by atoms with Crippen LogP contribution >= 0.6 is 0 Å². The number of carbonyl (C=O) groups is 2. The molecule has 4 rings (SSSR count). The van der Waals surface area contributed by atoms with Gasteiger partial charge in [-0.1, -0.05) is 24.3 Å². The lowest BCUT2D eigenvalue weighted by Crippen LogP contribution is -2.37. The fourth-order valence-electron chi connectivity index (χ4n) is 3.06. The van der Waals surface area contributed by atoms with E-state index in [0.29, 0.717) is 11.1 Å². The van der Waals surface area contributed by atoms with Crippen LogP contribution in [0.15, 0.2) is 64.1 Å². The molecule has 0 aliphatic rings. The second-order valence-corrected chi connectivity index (χ2v) is 6.54. The van der Waals surface area contributed by atoms with Crippen molar-refractivity contribution < 1.29 is 18.4 Å². The Labute approximate surface area is 169 Å². The van der Waals surface area contributed by atoms with Gasteiger partial charge in [0.15, 0.2) is 0 Å². The molecule has 2 heterocycles. The highest BCUT2D eigenvalue weighted by atomic mass is 19.1. The van der Waals surface area contributed by atoms with Crippen molar-refractivity contribution >= 4 is 33.9 Å². The zero-order valence-electron chi connectivity index (χ0n) is 15.7. The van der Waals surface area contributed by atoms with Gasteiger partial charge in [-0.05, 0) is 24.3 Å². The highest BCUT2D eigenvalue weighted by Crippen LogP contribution is 2.23. The number of benzene rings is 2. The number of nitrogens with zero attached hydrogens (tertiary/aromatic N) is 2. The van der Waals surface area contributed by atoms with Crippen LogP contribution in [0.5, 0.6) is 0 Å². The molecule has 0 aliphatic heterocycles. The van der Waals surface area contributed by atoms with Gasteiger partial charge in [-0.25, -0.2) is 9.37 Å². The van der Waals surface area contributed by atoms with Crippen LogP contribution in [0.1, 0.15) is 10.4 Å². The van der Waals surface area contributed by atoms with Gasteiger partial charge in [-0.3, -0.25) is 19.0 Å². The fourth-order valence-corrected chi connectivity index (χ4v) is 3.06. The van der Waals surface area contributed by atoms with Crippen molar-refractivity contribution in [3.63, 3.8) is 0 Å². The van der Waals surface area contributed by atoms with Crippen molar-refractivity contribution in [1.82, 2.24) is 20.2 Å². The van der Waals surface area contributed by atoms with Crippen LogP contribution in [0, 0.1) is 5.82 Å². The van der Waals surface area contributed by atoms with E-state index in [1.165, 1.54) is 24.5 Å². The molecule has 30 heavy (non-hydrogen) atoms. The molecular formula is C21H17FN4O4. The largest absolute Gasteiger partial charge is 0.448 e. The molecule has 0 aliphatic carbocycles. The number of aromatic nitrogens is 2. The topological polar surface area (TPSA) is 106 Å². The molecule has 2 N–H and O–H groups in total. The van der Waals surface area contributed by atoms with E-state index in [9.17, 15) is 18.8 Å². The van der Waals surface area contributed by atoms with Crippen LogP contribution < -0.4 is 16.2 Å². The van der Waals surface area contributed by atoms with Crippen molar-refractivity contribution in [3.8, 4) is 0 Å². The van der Waals surface area contributed by atoms with Gasteiger partial charge in [-0.15, -0.1) is 0 Å². The van der Waals surface area contributed by atoms with Crippen molar-refractivity contribution in [2.45, 2.75) is 6.54 Å². The van der Waals surface area contributed by atoms with Crippen molar-refractivity contribution in [2.24, 2.45) is 0 Å². The number of nitrogens with one attached hydrogen (secondary N) is 2. The van der Waals surface area contributed by atoms with Gasteiger partial charge >= 0.3 is 0 Å². The number of rotatable bonds is 6. The van der Waals surface area contributed by atoms with Gasteiger partial charge in [0.1, 0.15) is 23.5 Å². The average molecular weight is 408 g/mol. The molecule has 0 saturated carbocycles. The Kier molecular flexibility index (Phi) is 5.25. The quantitative estimate of drug-likeness (QED) is 0.474. The molecule has 0 atom stereocenters. The zero-order valence-corrected chi connectivity index (χ0v) is 15.7. The number of para-hydroxylation sites is 1. The van der Waals surface area contributed by atoms with E-state index in [1.807, 2.05) is 6.07 Å². The van der Waals surface area contributed by atoms with Crippen LogP contribution in [-0.2, 0) is 11.3 Å². The van der Waals surface area contributed by atoms with Gasteiger partial charge in [0, 0.05) is 18.5 Å². The average Bonchev–Trinajstić information content (AvgIpc) is 3.13.